The van der Waals surface area contributed by atoms with Gasteiger partial charge in [-0.15, -0.1) is 22.7 Å². The molecule has 0 radical (unpaired) electrons. The van der Waals surface area contributed by atoms with Crippen LogP contribution in [0.2, 0.25) is 0 Å². The highest BCUT2D eigenvalue weighted by atomic mass is 32.1. The molecule has 0 aliphatic carbocycles. The van der Waals surface area contributed by atoms with Crippen molar-refractivity contribution < 1.29 is 18.6 Å². The molecule has 140 valence electrons. The van der Waals surface area contributed by atoms with Crippen LogP contribution in [0.3, 0.4) is 0 Å². The fourth-order valence-corrected chi connectivity index (χ4v) is 5.52. The molecule has 4 nitrogen and oxygen atoms in total. The minimum Gasteiger partial charge on any atom is -0.399 e. The molecule has 2 saturated heterocycles. The van der Waals surface area contributed by atoms with Gasteiger partial charge in [0, 0.05) is 19.6 Å². The lowest BCUT2D eigenvalue weighted by atomic mass is 9.70. The van der Waals surface area contributed by atoms with Crippen molar-refractivity contribution in [1.82, 2.24) is 0 Å². The van der Waals surface area contributed by atoms with Gasteiger partial charge in [0.25, 0.3) is 0 Å². The standard InChI is InChI=1S/C18H26B2O4S2/c1-15(2)16(3,4)22-19(21-15)12-13-11(9-10-25-13)26-14(12)20-23-17(5,6)18(7,8)24-20/h9-10H,1-8H3. The molecular formula is C18H26B2O4S2. The van der Waals surface area contributed by atoms with Crippen molar-refractivity contribution in [2.45, 2.75) is 77.8 Å². The van der Waals surface area contributed by atoms with Crippen molar-refractivity contribution in [1.29, 1.82) is 0 Å². The van der Waals surface area contributed by atoms with Gasteiger partial charge in [-0.25, -0.2) is 0 Å². The zero-order valence-electron chi connectivity index (χ0n) is 16.8. The summed E-state index contributed by atoms with van der Waals surface area (Å²) >= 11 is 3.44. The Balaban J connectivity index is 1.79. The van der Waals surface area contributed by atoms with E-state index in [1.807, 2.05) is 0 Å². The average molecular weight is 392 g/mol. The minimum absolute atomic E-state index is 0.373. The molecule has 2 aliphatic rings. The molecule has 0 atom stereocenters. The van der Waals surface area contributed by atoms with Crippen molar-refractivity contribution in [2.75, 3.05) is 0 Å². The first kappa shape index (κ1) is 19.0. The van der Waals surface area contributed by atoms with Crippen LogP contribution in [0.15, 0.2) is 11.4 Å². The van der Waals surface area contributed by atoms with Crippen LogP contribution in [-0.4, -0.2) is 36.6 Å². The SMILES string of the molecule is CC1(C)OB(c2sc3ccsc3c2B2OC(C)(C)C(C)(C)O2)OC1(C)C. The van der Waals surface area contributed by atoms with Crippen molar-refractivity contribution >= 4 is 56.5 Å². The highest BCUT2D eigenvalue weighted by Crippen LogP contribution is 2.40. The van der Waals surface area contributed by atoms with Gasteiger partial charge in [0.2, 0.25) is 0 Å². The number of rotatable bonds is 2. The summed E-state index contributed by atoms with van der Waals surface area (Å²) < 4.78 is 28.9. The lowest BCUT2D eigenvalue weighted by molar-refractivity contribution is 0.00578. The molecule has 0 N–H and O–H groups in total. The predicted molar refractivity (Wildman–Crippen MR) is 111 cm³/mol. The van der Waals surface area contributed by atoms with Crippen LogP contribution >= 0.6 is 22.7 Å². The van der Waals surface area contributed by atoms with Gasteiger partial charge in [0.15, 0.2) is 0 Å². The van der Waals surface area contributed by atoms with Gasteiger partial charge in [0.1, 0.15) is 0 Å². The van der Waals surface area contributed by atoms with Crippen molar-refractivity contribution in [2.24, 2.45) is 0 Å². The topological polar surface area (TPSA) is 36.9 Å². The number of hydrogen-bond acceptors (Lipinski definition) is 6. The largest absolute Gasteiger partial charge is 0.505 e. The third-order valence-electron chi connectivity index (χ3n) is 6.32. The highest BCUT2D eigenvalue weighted by molar-refractivity contribution is 7.35. The Labute approximate surface area is 164 Å². The fourth-order valence-electron chi connectivity index (χ4n) is 3.17. The Morgan fingerprint density at radius 1 is 0.731 bits per heavy atom. The van der Waals surface area contributed by atoms with Crippen LogP contribution in [0.1, 0.15) is 55.4 Å². The molecule has 0 bridgehead atoms. The molecule has 4 heterocycles. The third kappa shape index (κ3) is 2.65. The highest BCUT2D eigenvalue weighted by Gasteiger charge is 2.57. The Bertz CT molecular complexity index is 821. The second kappa shape index (κ2) is 5.58. The molecule has 2 aromatic heterocycles. The molecular weight excluding hydrogens is 366 g/mol. The molecule has 8 heteroatoms. The Morgan fingerprint density at radius 2 is 1.19 bits per heavy atom. The van der Waals surface area contributed by atoms with E-state index in [9.17, 15) is 0 Å². The van der Waals surface area contributed by atoms with E-state index in [0.29, 0.717) is 0 Å². The zero-order chi connectivity index (χ0) is 19.1. The van der Waals surface area contributed by atoms with Crippen molar-refractivity contribution in [3.05, 3.63) is 11.4 Å². The van der Waals surface area contributed by atoms with Gasteiger partial charge in [-0.2, -0.15) is 0 Å². The summed E-state index contributed by atoms with van der Waals surface area (Å²) in [5, 5.41) is 2.12. The zero-order valence-corrected chi connectivity index (χ0v) is 18.4. The van der Waals surface area contributed by atoms with Crippen LogP contribution in [0, 0.1) is 0 Å². The van der Waals surface area contributed by atoms with Gasteiger partial charge >= 0.3 is 14.2 Å². The third-order valence-corrected chi connectivity index (χ3v) is 8.58. The molecule has 0 aromatic carbocycles. The van der Waals surface area contributed by atoms with Crippen molar-refractivity contribution in [3.8, 4) is 0 Å². The Morgan fingerprint density at radius 3 is 1.69 bits per heavy atom. The average Bonchev–Trinajstić information content (AvgIpc) is 3.12. The molecule has 4 rings (SSSR count). The molecule has 0 saturated carbocycles. The van der Waals surface area contributed by atoms with Gasteiger partial charge in [-0.05, 0) is 66.8 Å². The van der Waals surface area contributed by atoms with Gasteiger partial charge in [0.05, 0.1) is 22.4 Å². The normalized spacial score (nSPS) is 26.2. The Kier molecular flexibility index (Phi) is 4.07. The van der Waals surface area contributed by atoms with E-state index in [4.69, 9.17) is 18.6 Å². The van der Waals surface area contributed by atoms with E-state index < -0.39 is 14.2 Å². The Hall–Kier alpha value is -0.370. The second-order valence-corrected chi connectivity index (χ2v) is 11.2. The first-order valence-corrected chi connectivity index (χ1v) is 10.8. The summed E-state index contributed by atoms with van der Waals surface area (Å²) in [6.07, 6.45) is 0. The van der Waals surface area contributed by atoms with E-state index in [0.717, 1.165) is 10.2 Å². The van der Waals surface area contributed by atoms with Gasteiger partial charge in [-0.3, -0.25) is 0 Å². The van der Waals surface area contributed by atoms with Gasteiger partial charge < -0.3 is 18.6 Å². The number of hydrogen-bond donors (Lipinski definition) is 0. The lowest BCUT2D eigenvalue weighted by Crippen LogP contribution is -2.49. The molecule has 0 spiro atoms. The van der Waals surface area contributed by atoms with E-state index in [1.54, 1.807) is 22.7 Å². The van der Waals surface area contributed by atoms with Gasteiger partial charge in [-0.1, -0.05) is 0 Å². The fraction of sp³-hybridized carbons (Fsp3) is 0.667. The lowest BCUT2D eigenvalue weighted by Gasteiger charge is -2.32. The maximum absolute atomic E-state index is 6.37. The predicted octanol–water partition coefficient (Wildman–Crippen LogP) is 3.56. The molecule has 0 amide bonds. The maximum Gasteiger partial charge on any atom is 0.505 e. The smallest absolute Gasteiger partial charge is 0.399 e. The second-order valence-electron chi connectivity index (χ2n) is 9.17. The first-order chi connectivity index (χ1) is 11.8. The summed E-state index contributed by atoms with van der Waals surface area (Å²) in [5.74, 6) is 0. The summed E-state index contributed by atoms with van der Waals surface area (Å²) in [5.41, 5.74) is -0.436. The quantitative estimate of drug-likeness (QED) is 0.733. The monoisotopic (exact) mass is 392 g/mol. The minimum atomic E-state index is -0.415. The van der Waals surface area contributed by atoms with Crippen LogP contribution in [0.4, 0.5) is 0 Å². The molecule has 2 fully saturated rings. The van der Waals surface area contributed by atoms with Crippen molar-refractivity contribution in [3.63, 3.8) is 0 Å². The molecule has 2 aromatic rings. The maximum atomic E-state index is 6.37. The van der Waals surface area contributed by atoms with E-state index in [2.05, 4.69) is 66.8 Å². The first-order valence-electron chi connectivity index (χ1n) is 9.06. The van der Waals surface area contributed by atoms with Crippen LogP contribution in [0.25, 0.3) is 9.40 Å². The summed E-state index contributed by atoms with van der Waals surface area (Å²) in [4.78, 5) is 0. The summed E-state index contributed by atoms with van der Waals surface area (Å²) in [6, 6.07) is 2.15. The summed E-state index contributed by atoms with van der Waals surface area (Å²) in [7, 11) is -0.819. The van der Waals surface area contributed by atoms with Crippen LogP contribution in [-0.2, 0) is 18.6 Å². The number of fused-ring (bicyclic) bond motifs is 1. The van der Waals surface area contributed by atoms with Crippen LogP contribution < -0.4 is 10.2 Å². The van der Waals surface area contributed by atoms with E-state index in [-0.39, 0.29) is 22.4 Å². The molecule has 26 heavy (non-hydrogen) atoms. The molecule has 0 unspecified atom stereocenters. The number of thiophene rings is 2. The van der Waals surface area contributed by atoms with Crippen LogP contribution in [0.5, 0.6) is 0 Å². The summed E-state index contributed by atoms with van der Waals surface area (Å²) in [6.45, 7) is 16.7. The molecule has 2 aliphatic heterocycles. The van der Waals surface area contributed by atoms with E-state index >= 15 is 0 Å². The van der Waals surface area contributed by atoms with E-state index in [1.165, 1.54) is 9.40 Å².